The maximum absolute atomic E-state index is 12.0. The summed E-state index contributed by atoms with van der Waals surface area (Å²) in [5, 5.41) is 9.21. The Morgan fingerprint density at radius 1 is 1.22 bits per heavy atom. The fourth-order valence-corrected chi connectivity index (χ4v) is 2.40. The molecule has 1 N–H and O–H groups in total. The summed E-state index contributed by atoms with van der Waals surface area (Å²) < 4.78 is 5.16. The molecule has 0 radical (unpaired) electrons. The molecule has 18 heavy (non-hydrogen) atoms. The van der Waals surface area contributed by atoms with Crippen molar-refractivity contribution in [2.75, 3.05) is 19.8 Å². The first-order valence-corrected chi connectivity index (χ1v) is 7.19. The molecule has 0 rings (SSSR count). The van der Waals surface area contributed by atoms with Crippen LogP contribution < -0.4 is 0 Å². The van der Waals surface area contributed by atoms with E-state index in [4.69, 9.17) is 4.74 Å². The second-order valence-electron chi connectivity index (χ2n) is 4.49. The van der Waals surface area contributed by atoms with Gasteiger partial charge in [0.15, 0.2) is 0 Å². The Morgan fingerprint density at radius 2 is 1.83 bits per heavy atom. The van der Waals surface area contributed by atoms with Crippen LogP contribution in [0, 0.1) is 0 Å². The number of hydrogen-bond acceptors (Lipinski definition) is 4. The largest absolute Gasteiger partial charge is 0.465 e. The minimum Gasteiger partial charge on any atom is -0.465 e. The quantitative estimate of drug-likeness (QED) is 0.611. The Balaban J connectivity index is 4.89. The summed E-state index contributed by atoms with van der Waals surface area (Å²) >= 11 is 0. The second kappa shape index (κ2) is 10.3. The van der Waals surface area contributed by atoms with Gasteiger partial charge >= 0.3 is 5.97 Å². The van der Waals surface area contributed by atoms with Crippen molar-refractivity contribution in [3.8, 4) is 0 Å². The van der Waals surface area contributed by atoms with E-state index in [1.165, 1.54) is 0 Å². The van der Waals surface area contributed by atoms with Crippen LogP contribution in [0.15, 0.2) is 0 Å². The summed E-state index contributed by atoms with van der Waals surface area (Å²) in [6.07, 6.45) is 3.69. The monoisotopic (exact) mass is 259 g/mol. The van der Waals surface area contributed by atoms with E-state index >= 15 is 0 Å². The van der Waals surface area contributed by atoms with Gasteiger partial charge in [-0.3, -0.25) is 9.69 Å². The highest BCUT2D eigenvalue weighted by molar-refractivity contribution is 5.75. The first-order valence-electron chi connectivity index (χ1n) is 7.19. The third-order valence-electron chi connectivity index (χ3n) is 3.29. The van der Waals surface area contributed by atoms with Gasteiger partial charge in [0.1, 0.15) is 6.04 Å². The molecule has 0 amide bonds. The van der Waals surface area contributed by atoms with Crippen LogP contribution in [0.5, 0.6) is 0 Å². The van der Waals surface area contributed by atoms with Crippen LogP contribution in [-0.4, -0.2) is 47.8 Å². The molecule has 0 bridgehead atoms. The average molecular weight is 259 g/mol. The molecule has 0 aromatic rings. The molecule has 0 saturated heterocycles. The molecular formula is C14H29NO3. The van der Waals surface area contributed by atoms with Crippen LogP contribution in [0.1, 0.15) is 53.4 Å². The van der Waals surface area contributed by atoms with Crippen LogP contribution in [0.4, 0.5) is 0 Å². The van der Waals surface area contributed by atoms with Crippen molar-refractivity contribution in [1.82, 2.24) is 4.90 Å². The van der Waals surface area contributed by atoms with Gasteiger partial charge < -0.3 is 9.84 Å². The SMILES string of the molecule is CCCC(C(=O)OCC)N(CCO)C(CC)CC. The topological polar surface area (TPSA) is 49.8 Å². The highest BCUT2D eigenvalue weighted by atomic mass is 16.5. The van der Waals surface area contributed by atoms with Crippen molar-refractivity contribution < 1.29 is 14.6 Å². The zero-order valence-corrected chi connectivity index (χ0v) is 12.3. The predicted octanol–water partition coefficient (Wildman–Crippen LogP) is 2.20. The molecule has 0 aromatic heterocycles. The van der Waals surface area contributed by atoms with Gasteiger partial charge in [-0.25, -0.2) is 0 Å². The number of aliphatic hydroxyl groups excluding tert-OH is 1. The highest BCUT2D eigenvalue weighted by Gasteiger charge is 2.29. The number of carbonyl (C=O) groups is 1. The first kappa shape index (κ1) is 17.4. The molecule has 0 aliphatic carbocycles. The lowest BCUT2D eigenvalue weighted by Gasteiger charge is -2.35. The zero-order valence-electron chi connectivity index (χ0n) is 12.3. The lowest BCUT2D eigenvalue weighted by atomic mass is 10.0. The van der Waals surface area contributed by atoms with E-state index in [-0.39, 0.29) is 18.6 Å². The predicted molar refractivity (Wildman–Crippen MR) is 73.5 cm³/mol. The third kappa shape index (κ3) is 5.36. The summed E-state index contributed by atoms with van der Waals surface area (Å²) in [5.74, 6) is -0.153. The van der Waals surface area contributed by atoms with Crippen molar-refractivity contribution in [1.29, 1.82) is 0 Å². The van der Waals surface area contributed by atoms with E-state index in [9.17, 15) is 9.90 Å². The van der Waals surface area contributed by atoms with Gasteiger partial charge in [-0.05, 0) is 26.2 Å². The van der Waals surface area contributed by atoms with Gasteiger partial charge in [-0.1, -0.05) is 27.2 Å². The molecule has 4 heteroatoms. The third-order valence-corrected chi connectivity index (χ3v) is 3.29. The van der Waals surface area contributed by atoms with Crippen LogP contribution in [0.2, 0.25) is 0 Å². The average Bonchev–Trinajstić information content (AvgIpc) is 2.36. The second-order valence-corrected chi connectivity index (χ2v) is 4.49. The number of hydrogen-bond donors (Lipinski definition) is 1. The van der Waals surface area contributed by atoms with Gasteiger partial charge in [-0.15, -0.1) is 0 Å². The molecule has 1 unspecified atom stereocenters. The van der Waals surface area contributed by atoms with Crippen molar-refractivity contribution in [2.45, 2.75) is 65.5 Å². The molecule has 0 aliphatic rings. The van der Waals surface area contributed by atoms with Crippen LogP contribution in [-0.2, 0) is 9.53 Å². The van der Waals surface area contributed by atoms with Gasteiger partial charge in [-0.2, -0.15) is 0 Å². The maximum atomic E-state index is 12.0. The first-order chi connectivity index (χ1) is 8.65. The number of nitrogens with zero attached hydrogens (tertiary/aromatic N) is 1. The van der Waals surface area contributed by atoms with Gasteiger partial charge in [0.2, 0.25) is 0 Å². The van der Waals surface area contributed by atoms with Crippen molar-refractivity contribution in [3.63, 3.8) is 0 Å². The number of esters is 1. The van der Waals surface area contributed by atoms with Crippen molar-refractivity contribution in [2.24, 2.45) is 0 Å². The summed E-state index contributed by atoms with van der Waals surface area (Å²) in [5.41, 5.74) is 0. The molecule has 0 heterocycles. The number of rotatable bonds is 10. The molecular weight excluding hydrogens is 230 g/mol. The van der Waals surface area contributed by atoms with Gasteiger partial charge in [0, 0.05) is 12.6 Å². The minimum absolute atomic E-state index is 0.0795. The van der Waals surface area contributed by atoms with Crippen molar-refractivity contribution in [3.05, 3.63) is 0 Å². The Labute approximate surface area is 111 Å². The Hall–Kier alpha value is -0.610. The van der Waals surface area contributed by atoms with E-state index in [0.717, 1.165) is 25.7 Å². The standard InChI is InChI=1S/C14H29NO3/c1-5-9-13(14(17)18-8-4)15(10-11-16)12(6-2)7-3/h12-13,16H,5-11H2,1-4H3. The Kier molecular flexibility index (Phi) is 9.98. The molecule has 0 aliphatic heterocycles. The molecule has 108 valence electrons. The maximum Gasteiger partial charge on any atom is 0.323 e. The zero-order chi connectivity index (χ0) is 14.0. The van der Waals surface area contributed by atoms with Crippen LogP contribution in [0.3, 0.4) is 0 Å². The molecule has 4 nitrogen and oxygen atoms in total. The van der Waals surface area contributed by atoms with Gasteiger partial charge in [0.25, 0.3) is 0 Å². The lowest BCUT2D eigenvalue weighted by Crippen LogP contribution is -2.49. The smallest absolute Gasteiger partial charge is 0.323 e. The summed E-state index contributed by atoms with van der Waals surface area (Å²) in [7, 11) is 0. The summed E-state index contributed by atoms with van der Waals surface area (Å²) in [4.78, 5) is 14.2. The van der Waals surface area contributed by atoms with Crippen LogP contribution in [0.25, 0.3) is 0 Å². The van der Waals surface area contributed by atoms with Gasteiger partial charge in [0.05, 0.1) is 13.2 Å². The Bertz CT molecular complexity index is 217. The highest BCUT2D eigenvalue weighted by Crippen LogP contribution is 2.17. The molecule has 0 fully saturated rings. The Morgan fingerprint density at radius 3 is 2.22 bits per heavy atom. The minimum atomic E-state index is -0.216. The number of carbonyl (C=O) groups excluding carboxylic acids is 1. The lowest BCUT2D eigenvalue weighted by molar-refractivity contribution is -0.151. The summed E-state index contributed by atoms with van der Waals surface area (Å²) in [6, 6.07) is 0.116. The van der Waals surface area contributed by atoms with Crippen molar-refractivity contribution >= 4 is 5.97 Å². The molecule has 0 aromatic carbocycles. The van der Waals surface area contributed by atoms with Crippen LogP contribution >= 0.6 is 0 Å². The normalized spacial score (nSPS) is 13.1. The fraction of sp³-hybridized carbons (Fsp3) is 0.929. The van der Waals surface area contributed by atoms with E-state index in [0.29, 0.717) is 19.2 Å². The van der Waals surface area contributed by atoms with E-state index in [2.05, 4.69) is 25.7 Å². The van der Waals surface area contributed by atoms with E-state index in [1.54, 1.807) is 0 Å². The molecule has 1 atom stereocenters. The van der Waals surface area contributed by atoms with E-state index < -0.39 is 0 Å². The number of aliphatic hydroxyl groups is 1. The summed E-state index contributed by atoms with van der Waals surface area (Å²) in [6.45, 7) is 9.16. The molecule has 0 saturated carbocycles. The molecule has 0 spiro atoms. The fourth-order valence-electron chi connectivity index (χ4n) is 2.40. The number of ether oxygens (including phenoxy) is 1. The van der Waals surface area contributed by atoms with E-state index in [1.807, 2.05) is 6.92 Å².